The Labute approximate surface area is 169 Å². The molecule has 140 valence electrons. The zero-order chi connectivity index (χ0) is 17.8. The van der Waals surface area contributed by atoms with Crippen LogP contribution in [-0.4, -0.2) is 26.2 Å². The van der Waals surface area contributed by atoms with Crippen LogP contribution in [0.25, 0.3) is 0 Å². The van der Waals surface area contributed by atoms with Crippen molar-refractivity contribution in [3.05, 3.63) is 53.8 Å². The molecular formula is C19H23FIN3O2. The first-order chi connectivity index (χ1) is 12.1. The minimum atomic E-state index is -0.195. The van der Waals surface area contributed by atoms with Gasteiger partial charge in [0, 0.05) is 11.8 Å². The third kappa shape index (κ3) is 4.78. The number of ether oxygens (including phenoxy) is 2. The van der Waals surface area contributed by atoms with E-state index in [1.807, 2.05) is 12.1 Å². The molecule has 2 aromatic rings. The summed E-state index contributed by atoms with van der Waals surface area (Å²) in [6.45, 7) is 0. The summed E-state index contributed by atoms with van der Waals surface area (Å²) in [7, 11) is 3.17. The van der Waals surface area contributed by atoms with Crippen molar-refractivity contribution in [2.45, 2.75) is 24.8 Å². The SMILES string of the molecule is COc1ccc(NC(N)=NC2CC(c3cccc(F)c3)C2)cc1OC.I. The van der Waals surface area contributed by atoms with Gasteiger partial charge in [-0.3, -0.25) is 0 Å². The van der Waals surface area contributed by atoms with E-state index >= 15 is 0 Å². The number of anilines is 1. The highest BCUT2D eigenvalue weighted by atomic mass is 127. The molecule has 26 heavy (non-hydrogen) atoms. The van der Waals surface area contributed by atoms with Crippen molar-refractivity contribution in [2.75, 3.05) is 19.5 Å². The maximum absolute atomic E-state index is 13.3. The van der Waals surface area contributed by atoms with Crippen LogP contribution in [0.5, 0.6) is 11.5 Å². The van der Waals surface area contributed by atoms with Gasteiger partial charge in [-0.25, -0.2) is 9.38 Å². The smallest absolute Gasteiger partial charge is 0.193 e. The summed E-state index contributed by atoms with van der Waals surface area (Å²) in [6.07, 6.45) is 1.75. The Balaban J connectivity index is 0.00000243. The minimum absolute atomic E-state index is 0. The monoisotopic (exact) mass is 471 g/mol. The first-order valence-corrected chi connectivity index (χ1v) is 8.17. The summed E-state index contributed by atoms with van der Waals surface area (Å²) in [6, 6.07) is 12.4. The normalized spacial score (nSPS) is 19.1. The number of nitrogens with two attached hydrogens (primary N) is 1. The molecular weight excluding hydrogens is 448 g/mol. The molecule has 0 bridgehead atoms. The molecule has 0 heterocycles. The van der Waals surface area contributed by atoms with Crippen LogP contribution in [0.4, 0.5) is 10.1 Å². The highest BCUT2D eigenvalue weighted by molar-refractivity contribution is 14.0. The number of nitrogens with one attached hydrogen (secondary N) is 1. The number of nitrogens with zero attached hydrogens (tertiary/aromatic N) is 1. The number of rotatable bonds is 5. The quantitative estimate of drug-likeness (QED) is 0.391. The zero-order valence-electron chi connectivity index (χ0n) is 14.7. The average Bonchev–Trinajstić information content (AvgIpc) is 2.57. The van der Waals surface area contributed by atoms with Crippen molar-refractivity contribution in [3.8, 4) is 11.5 Å². The molecule has 1 aliphatic rings. The van der Waals surface area contributed by atoms with Crippen LogP contribution in [-0.2, 0) is 0 Å². The predicted octanol–water partition coefficient (Wildman–Crippen LogP) is 4.13. The molecule has 0 amide bonds. The zero-order valence-corrected chi connectivity index (χ0v) is 17.1. The topological polar surface area (TPSA) is 68.9 Å². The van der Waals surface area contributed by atoms with Gasteiger partial charge in [0.15, 0.2) is 17.5 Å². The first kappa shape index (κ1) is 20.3. The molecule has 1 aliphatic carbocycles. The van der Waals surface area contributed by atoms with Crippen molar-refractivity contribution in [2.24, 2.45) is 10.7 Å². The van der Waals surface area contributed by atoms with E-state index in [9.17, 15) is 4.39 Å². The summed E-state index contributed by atoms with van der Waals surface area (Å²) >= 11 is 0. The van der Waals surface area contributed by atoms with Crippen LogP contribution in [0.1, 0.15) is 24.3 Å². The lowest BCUT2D eigenvalue weighted by molar-refractivity contribution is 0.352. The Hall–Kier alpha value is -2.03. The summed E-state index contributed by atoms with van der Waals surface area (Å²) in [5.74, 6) is 1.78. The van der Waals surface area contributed by atoms with E-state index in [-0.39, 0.29) is 35.8 Å². The van der Waals surface area contributed by atoms with Crippen molar-refractivity contribution < 1.29 is 13.9 Å². The fourth-order valence-corrected chi connectivity index (χ4v) is 3.02. The summed E-state index contributed by atoms with van der Waals surface area (Å²) in [5, 5.41) is 3.06. The van der Waals surface area contributed by atoms with Gasteiger partial charge in [-0.15, -0.1) is 24.0 Å². The van der Waals surface area contributed by atoms with Crippen LogP contribution in [0.2, 0.25) is 0 Å². The Morgan fingerprint density at radius 1 is 1.12 bits per heavy atom. The number of guanidine groups is 1. The van der Waals surface area contributed by atoms with Gasteiger partial charge in [0.2, 0.25) is 0 Å². The van der Waals surface area contributed by atoms with E-state index in [1.54, 1.807) is 38.5 Å². The highest BCUT2D eigenvalue weighted by Gasteiger charge is 2.30. The number of methoxy groups -OCH3 is 2. The third-order valence-corrected chi connectivity index (χ3v) is 4.41. The van der Waals surface area contributed by atoms with E-state index in [0.717, 1.165) is 24.1 Å². The molecule has 1 saturated carbocycles. The second-order valence-corrected chi connectivity index (χ2v) is 6.09. The number of aliphatic imine (C=N–C) groups is 1. The lowest BCUT2D eigenvalue weighted by Gasteiger charge is -2.33. The second kappa shape index (κ2) is 9.07. The van der Waals surface area contributed by atoms with E-state index < -0.39 is 0 Å². The fourth-order valence-electron chi connectivity index (χ4n) is 3.02. The standard InChI is InChI=1S/C19H22FN3O2.HI/c1-24-17-7-6-15(11-18(17)25-2)22-19(21)23-16-9-13(10-16)12-4-3-5-14(20)8-12;/h3-8,11,13,16H,9-10H2,1-2H3,(H3,21,22,23);1H. The van der Waals surface area contributed by atoms with E-state index in [4.69, 9.17) is 15.2 Å². The molecule has 0 radical (unpaired) electrons. The minimum Gasteiger partial charge on any atom is -0.493 e. The molecule has 3 rings (SSSR count). The van der Waals surface area contributed by atoms with Gasteiger partial charge in [0.25, 0.3) is 0 Å². The Morgan fingerprint density at radius 3 is 2.50 bits per heavy atom. The maximum atomic E-state index is 13.3. The molecule has 5 nitrogen and oxygen atoms in total. The van der Waals surface area contributed by atoms with Gasteiger partial charge in [-0.1, -0.05) is 12.1 Å². The van der Waals surface area contributed by atoms with Crippen molar-refractivity contribution in [3.63, 3.8) is 0 Å². The molecule has 0 atom stereocenters. The van der Waals surface area contributed by atoms with Crippen LogP contribution in [0.15, 0.2) is 47.5 Å². The van der Waals surface area contributed by atoms with Crippen LogP contribution in [0.3, 0.4) is 0 Å². The number of halogens is 2. The largest absolute Gasteiger partial charge is 0.493 e. The summed E-state index contributed by atoms with van der Waals surface area (Å²) < 4.78 is 23.8. The van der Waals surface area contributed by atoms with Crippen LogP contribution < -0.4 is 20.5 Å². The molecule has 7 heteroatoms. The van der Waals surface area contributed by atoms with E-state index in [0.29, 0.717) is 23.4 Å². The molecule has 2 aromatic carbocycles. The summed E-state index contributed by atoms with van der Waals surface area (Å²) in [4.78, 5) is 4.49. The van der Waals surface area contributed by atoms with Gasteiger partial charge in [0.1, 0.15) is 5.82 Å². The van der Waals surface area contributed by atoms with E-state index in [1.165, 1.54) is 6.07 Å². The Bertz CT molecular complexity index is 779. The lowest BCUT2D eigenvalue weighted by Crippen LogP contribution is -2.31. The van der Waals surface area contributed by atoms with Crippen molar-refractivity contribution >= 4 is 35.6 Å². The van der Waals surface area contributed by atoms with Gasteiger partial charge < -0.3 is 20.5 Å². The number of hydrogen-bond acceptors (Lipinski definition) is 3. The predicted molar refractivity (Wildman–Crippen MR) is 112 cm³/mol. The molecule has 0 unspecified atom stereocenters. The molecule has 3 N–H and O–H groups in total. The van der Waals surface area contributed by atoms with Gasteiger partial charge >= 0.3 is 0 Å². The average molecular weight is 471 g/mol. The number of hydrogen-bond donors (Lipinski definition) is 2. The molecule has 0 spiro atoms. The summed E-state index contributed by atoms with van der Waals surface area (Å²) in [5.41, 5.74) is 7.80. The molecule has 0 aliphatic heterocycles. The van der Waals surface area contributed by atoms with Crippen LogP contribution in [0, 0.1) is 5.82 Å². The Morgan fingerprint density at radius 2 is 1.85 bits per heavy atom. The molecule has 1 fully saturated rings. The van der Waals surface area contributed by atoms with Gasteiger partial charge in [0.05, 0.1) is 20.3 Å². The van der Waals surface area contributed by atoms with Crippen LogP contribution >= 0.6 is 24.0 Å². The lowest BCUT2D eigenvalue weighted by atomic mass is 9.76. The molecule has 0 saturated heterocycles. The fraction of sp³-hybridized carbons (Fsp3) is 0.316. The third-order valence-electron chi connectivity index (χ3n) is 4.41. The molecule has 0 aromatic heterocycles. The number of benzene rings is 2. The van der Waals surface area contributed by atoms with Gasteiger partial charge in [-0.05, 0) is 48.6 Å². The van der Waals surface area contributed by atoms with Gasteiger partial charge in [-0.2, -0.15) is 0 Å². The van der Waals surface area contributed by atoms with E-state index in [2.05, 4.69) is 10.3 Å². The van der Waals surface area contributed by atoms with Crippen molar-refractivity contribution in [1.29, 1.82) is 0 Å². The highest BCUT2D eigenvalue weighted by Crippen LogP contribution is 2.39. The second-order valence-electron chi connectivity index (χ2n) is 6.09. The maximum Gasteiger partial charge on any atom is 0.193 e. The Kier molecular flexibility index (Phi) is 7.07. The van der Waals surface area contributed by atoms with Crippen molar-refractivity contribution in [1.82, 2.24) is 0 Å². The first-order valence-electron chi connectivity index (χ1n) is 8.17.